The Morgan fingerprint density at radius 1 is 0.970 bits per heavy atom. The Morgan fingerprint density at radius 2 is 1.67 bits per heavy atom. The van der Waals surface area contributed by atoms with Gasteiger partial charge in [-0.15, -0.1) is 0 Å². The maximum absolute atomic E-state index is 13.1. The van der Waals surface area contributed by atoms with Gasteiger partial charge in [0.1, 0.15) is 29.2 Å². The lowest BCUT2D eigenvalue weighted by atomic mass is 10.0. The Hall–Kier alpha value is -3.26. The topological polar surface area (TPSA) is 95.1 Å². The summed E-state index contributed by atoms with van der Waals surface area (Å²) in [4.78, 5) is 25.4. The van der Waals surface area contributed by atoms with Crippen molar-refractivity contribution in [2.24, 2.45) is 0 Å². The van der Waals surface area contributed by atoms with Crippen molar-refractivity contribution in [2.75, 3.05) is 27.9 Å². The van der Waals surface area contributed by atoms with E-state index in [2.05, 4.69) is 10.6 Å². The molecule has 2 N–H and O–H groups in total. The van der Waals surface area contributed by atoms with E-state index < -0.39 is 23.8 Å². The molecule has 0 aromatic heterocycles. The van der Waals surface area contributed by atoms with Crippen molar-refractivity contribution in [1.82, 2.24) is 10.6 Å². The molecule has 8 nitrogen and oxygen atoms in total. The van der Waals surface area contributed by atoms with Gasteiger partial charge in [0.2, 0.25) is 5.91 Å². The standard InChI is InChI=1S/C25H34N2O6/c1-25(2,3)33-24(29)27-20(14-17-10-8-7-9-11-17)23(28)26-16-22(32-6)19-13-12-18(30-4)15-21(19)31-5/h7-13,15,20,22H,14,16H2,1-6H3,(H,26,28)(H,27,29). The second kappa shape index (κ2) is 12.1. The highest BCUT2D eigenvalue weighted by atomic mass is 16.6. The van der Waals surface area contributed by atoms with Gasteiger partial charge in [-0.2, -0.15) is 0 Å². The van der Waals surface area contributed by atoms with E-state index in [1.165, 1.54) is 0 Å². The minimum atomic E-state index is -0.822. The first-order valence-electron chi connectivity index (χ1n) is 10.7. The zero-order valence-corrected chi connectivity index (χ0v) is 20.1. The summed E-state index contributed by atoms with van der Waals surface area (Å²) in [5.41, 5.74) is 0.999. The number of benzene rings is 2. The number of ether oxygens (including phenoxy) is 4. The lowest BCUT2D eigenvalue weighted by Gasteiger charge is -2.24. The van der Waals surface area contributed by atoms with Gasteiger partial charge in [0.15, 0.2) is 0 Å². The van der Waals surface area contributed by atoms with E-state index in [0.717, 1.165) is 11.1 Å². The number of carbonyl (C=O) groups is 2. The maximum atomic E-state index is 13.1. The molecule has 0 saturated carbocycles. The number of hydrogen-bond donors (Lipinski definition) is 2. The van der Waals surface area contributed by atoms with Crippen LogP contribution in [0.1, 0.15) is 38.0 Å². The molecule has 2 unspecified atom stereocenters. The molecule has 0 aliphatic heterocycles. The van der Waals surface area contributed by atoms with Crippen LogP contribution in [-0.4, -0.2) is 51.5 Å². The summed E-state index contributed by atoms with van der Waals surface area (Å²) in [7, 11) is 4.69. The number of amides is 2. The van der Waals surface area contributed by atoms with E-state index in [-0.39, 0.29) is 12.5 Å². The molecule has 2 rings (SSSR count). The van der Waals surface area contributed by atoms with Crippen LogP contribution < -0.4 is 20.1 Å². The van der Waals surface area contributed by atoms with Gasteiger partial charge in [0.05, 0.1) is 14.2 Å². The van der Waals surface area contributed by atoms with E-state index in [9.17, 15) is 9.59 Å². The first-order chi connectivity index (χ1) is 15.7. The van der Waals surface area contributed by atoms with Gasteiger partial charge >= 0.3 is 6.09 Å². The zero-order valence-electron chi connectivity index (χ0n) is 20.1. The fraction of sp³-hybridized carbons (Fsp3) is 0.440. The van der Waals surface area contributed by atoms with Gasteiger partial charge in [0, 0.05) is 31.7 Å². The average Bonchev–Trinajstić information content (AvgIpc) is 2.78. The second-order valence-corrected chi connectivity index (χ2v) is 8.47. The first-order valence-corrected chi connectivity index (χ1v) is 10.7. The number of rotatable bonds is 10. The summed E-state index contributed by atoms with van der Waals surface area (Å²) in [5.74, 6) is 0.890. The number of alkyl carbamates (subject to hydrolysis) is 1. The number of carbonyl (C=O) groups excluding carboxylic acids is 2. The molecular weight excluding hydrogens is 424 g/mol. The van der Waals surface area contributed by atoms with Crippen LogP contribution in [-0.2, 0) is 20.7 Å². The first kappa shape index (κ1) is 26.0. The van der Waals surface area contributed by atoms with Crippen LogP contribution >= 0.6 is 0 Å². The van der Waals surface area contributed by atoms with Crippen molar-refractivity contribution in [3.63, 3.8) is 0 Å². The van der Waals surface area contributed by atoms with Gasteiger partial charge in [-0.05, 0) is 38.5 Å². The Balaban J connectivity index is 2.14. The Bertz CT molecular complexity index is 911. The van der Waals surface area contributed by atoms with Crippen LogP contribution in [0.15, 0.2) is 48.5 Å². The van der Waals surface area contributed by atoms with Crippen molar-refractivity contribution in [2.45, 2.75) is 44.9 Å². The highest BCUT2D eigenvalue weighted by Gasteiger charge is 2.26. The second-order valence-electron chi connectivity index (χ2n) is 8.47. The molecule has 2 aromatic carbocycles. The molecule has 0 aliphatic carbocycles. The van der Waals surface area contributed by atoms with Gasteiger partial charge in [-0.3, -0.25) is 4.79 Å². The minimum absolute atomic E-state index is 0.180. The largest absolute Gasteiger partial charge is 0.497 e. The van der Waals surface area contributed by atoms with E-state index in [0.29, 0.717) is 17.9 Å². The lowest BCUT2D eigenvalue weighted by Crippen LogP contribution is -2.50. The summed E-state index contributed by atoms with van der Waals surface area (Å²) in [6.07, 6.45) is -0.803. The third kappa shape index (κ3) is 8.31. The molecule has 2 atom stereocenters. The summed E-state index contributed by atoms with van der Waals surface area (Å²) in [6.45, 7) is 5.48. The van der Waals surface area contributed by atoms with Crippen LogP contribution in [0.25, 0.3) is 0 Å². The highest BCUT2D eigenvalue weighted by molar-refractivity contribution is 5.86. The monoisotopic (exact) mass is 458 g/mol. The highest BCUT2D eigenvalue weighted by Crippen LogP contribution is 2.30. The summed E-state index contributed by atoms with van der Waals surface area (Å²) >= 11 is 0. The molecule has 33 heavy (non-hydrogen) atoms. The molecule has 2 amide bonds. The predicted octanol–water partition coefficient (Wildman–Crippen LogP) is 3.64. The van der Waals surface area contributed by atoms with E-state index in [1.54, 1.807) is 54.2 Å². The van der Waals surface area contributed by atoms with Crippen molar-refractivity contribution < 1.29 is 28.5 Å². The summed E-state index contributed by atoms with van der Waals surface area (Å²) in [5, 5.41) is 5.57. The summed E-state index contributed by atoms with van der Waals surface area (Å²) in [6, 6.07) is 14.0. The molecule has 0 saturated heterocycles. The molecule has 180 valence electrons. The van der Waals surface area contributed by atoms with Crippen LogP contribution in [0.3, 0.4) is 0 Å². The van der Waals surface area contributed by atoms with Gasteiger partial charge < -0.3 is 29.6 Å². The Labute approximate surface area is 195 Å². The molecule has 0 aliphatic rings. The maximum Gasteiger partial charge on any atom is 0.408 e. The van der Waals surface area contributed by atoms with Crippen molar-refractivity contribution >= 4 is 12.0 Å². The van der Waals surface area contributed by atoms with E-state index >= 15 is 0 Å². The van der Waals surface area contributed by atoms with Gasteiger partial charge in [0.25, 0.3) is 0 Å². The molecule has 8 heteroatoms. The average molecular weight is 459 g/mol. The number of methoxy groups -OCH3 is 3. The third-order valence-electron chi connectivity index (χ3n) is 4.82. The van der Waals surface area contributed by atoms with Crippen LogP contribution in [0.5, 0.6) is 11.5 Å². The van der Waals surface area contributed by atoms with Crippen molar-refractivity contribution in [3.05, 3.63) is 59.7 Å². The fourth-order valence-corrected chi connectivity index (χ4v) is 3.23. The molecule has 2 aromatic rings. The molecule has 0 heterocycles. The molecule has 0 radical (unpaired) electrons. The Kier molecular flexibility index (Phi) is 9.54. The molecular formula is C25H34N2O6. The van der Waals surface area contributed by atoms with Crippen molar-refractivity contribution in [3.8, 4) is 11.5 Å². The molecule has 0 fully saturated rings. The third-order valence-corrected chi connectivity index (χ3v) is 4.82. The van der Waals surface area contributed by atoms with Crippen LogP contribution in [0.4, 0.5) is 4.79 Å². The Morgan fingerprint density at radius 3 is 2.24 bits per heavy atom. The lowest BCUT2D eigenvalue weighted by molar-refractivity contribution is -0.123. The fourth-order valence-electron chi connectivity index (χ4n) is 3.23. The van der Waals surface area contributed by atoms with E-state index in [1.807, 2.05) is 36.4 Å². The normalized spacial score (nSPS) is 12.9. The summed E-state index contributed by atoms with van der Waals surface area (Å²) < 4.78 is 21.6. The van der Waals surface area contributed by atoms with Crippen LogP contribution in [0.2, 0.25) is 0 Å². The number of nitrogens with one attached hydrogen (secondary N) is 2. The van der Waals surface area contributed by atoms with Crippen LogP contribution in [0, 0.1) is 0 Å². The van der Waals surface area contributed by atoms with E-state index in [4.69, 9.17) is 18.9 Å². The quantitative estimate of drug-likeness (QED) is 0.564. The SMILES string of the molecule is COc1ccc(C(CNC(=O)C(Cc2ccccc2)NC(=O)OC(C)(C)C)OC)c(OC)c1. The van der Waals surface area contributed by atoms with Gasteiger partial charge in [-0.1, -0.05) is 30.3 Å². The number of hydrogen-bond acceptors (Lipinski definition) is 6. The smallest absolute Gasteiger partial charge is 0.408 e. The molecule has 0 bridgehead atoms. The minimum Gasteiger partial charge on any atom is -0.497 e. The zero-order chi connectivity index (χ0) is 24.4. The van der Waals surface area contributed by atoms with Gasteiger partial charge in [-0.25, -0.2) is 4.79 Å². The van der Waals surface area contributed by atoms with Crippen molar-refractivity contribution in [1.29, 1.82) is 0 Å². The predicted molar refractivity (Wildman–Crippen MR) is 126 cm³/mol. The molecule has 0 spiro atoms.